The fourth-order valence-corrected chi connectivity index (χ4v) is 5.38. The van der Waals surface area contributed by atoms with Crippen LogP contribution in [0.2, 0.25) is 0 Å². The van der Waals surface area contributed by atoms with Gasteiger partial charge in [0.15, 0.2) is 11.5 Å². The molecule has 1 N–H and O–H groups in total. The molecule has 6 nitrogen and oxygen atoms in total. The molecular weight excluding hydrogens is 418 g/mol. The number of ether oxygens (including phenoxy) is 3. The molecule has 0 radical (unpaired) electrons. The number of aliphatic hydroxyl groups is 1. The zero-order chi connectivity index (χ0) is 23.1. The fourth-order valence-electron chi connectivity index (χ4n) is 5.38. The van der Waals surface area contributed by atoms with Gasteiger partial charge in [0.05, 0.1) is 32.2 Å². The van der Waals surface area contributed by atoms with Crippen molar-refractivity contribution in [3.8, 4) is 11.5 Å². The van der Waals surface area contributed by atoms with Gasteiger partial charge in [0.2, 0.25) is 6.73 Å². The van der Waals surface area contributed by atoms with Gasteiger partial charge < -0.3 is 19.3 Å². The van der Waals surface area contributed by atoms with Crippen molar-refractivity contribution in [3.63, 3.8) is 0 Å². The lowest BCUT2D eigenvalue weighted by atomic mass is 9.69. The molecule has 1 spiro atoms. The lowest BCUT2D eigenvalue weighted by molar-refractivity contribution is -0.938. The van der Waals surface area contributed by atoms with Gasteiger partial charge in [-0.2, -0.15) is 0 Å². The Morgan fingerprint density at radius 2 is 2.09 bits per heavy atom. The van der Waals surface area contributed by atoms with Gasteiger partial charge in [-0.15, -0.1) is 0 Å². The molecule has 0 saturated heterocycles. The third-order valence-corrected chi connectivity index (χ3v) is 7.15. The van der Waals surface area contributed by atoms with Gasteiger partial charge in [-0.25, -0.2) is 4.79 Å². The van der Waals surface area contributed by atoms with E-state index in [4.69, 9.17) is 14.2 Å². The Hall–Kier alpha value is -3.09. The molecule has 33 heavy (non-hydrogen) atoms. The van der Waals surface area contributed by atoms with E-state index in [1.165, 1.54) is 11.6 Å². The maximum atomic E-state index is 12.4. The highest BCUT2D eigenvalue weighted by molar-refractivity contribution is 5.86. The zero-order valence-corrected chi connectivity index (χ0v) is 19.1. The van der Waals surface area contributed by atoms with Gasteiger partial charge >= 0.3 is 5.97 Å². The third-order valence-electron chi connectivity index (χ3n) is 7.15. The van der Waals surface area contributed by atoms with Gasteiger partial charge in [-0.3, -0.25) is 4.48 Å². The van der Waals surface area contributed by atoms with E-state index in [0.717, 1.165) is 42.1 Å². The molecule has 5 rings (SSSR count). The van der Waals surface area contributed by atoms with Crippen molar-refractivity contribution < 1.29 is 28.6 Å². The van der Waals surface area contributed by atoms with Crippen molar-refractivity contribution in [3.05, 3.63) is 77.4 Å². The Bertz CT molecular complexity index is 1110. The molecule has 3 aliphatic rings. The summed E-state index contributed by atoms with van der Waals surface area (Å²) in [7, 11) is 3.78. The number of carbonyl (C=O) groups is 1. The molecule has 0 aromatic heterocycles. The van der Waals surface area contributed by atoms with E-state index in [2.05, 4.69) is 19.2 Å². The number of esters is 1. The predicted molar refractivity (Wildman–Crippen MR) is 125 cm³/mol. The van der Waals surface area contributed by atoms with Gasteiger partial charge in [-0.05, 0) is 23.8 Å². The molecule has 172 valence electrons. The monoisotopic (exact) mass is 448 g/mol. The average molecular weight is 449 g/mol. The number of aliphatic hydroxyl groups excluding tert-OH is 1. The number of hydrogen-bond donors (Lipinski definition) is 1. The highest BCUT2D eigenvalue weighted by atomic mass is 16.5. The van der Waals surface area contributed by atoms with Crippen LogP contribution in [0.4, 0.5) is 0 Å². The van der Waals surface area contributed by atoms with Crippen LogP contribution < -0.4 is 9.47 Å². The molecule has 0 fully saturated rings. The number of nitrogens with zero attached hydrogens (tertiary/aromatic N) is 1. The number of benzene rings is 2. The highest BCUT2D eigenvalue weighted by Crippen LogP contribution is 2.56. The molecule has 2 heterocycles. The first-order valence-corrected chi connectivity index (χ1v) is 11.4. The molecule has 1 aliphatic carbocycles. The average Bonchev–Trinajstić information content (AvgIpc) is 3.09. The second kappa shape index (κ2) is 8.36. The zero-order valence-electron chi connectivity index (χ0n) is 19.1. The first-order chi connectivity index (χ1) is 15.9. The van der Waals surface area contributed by atoms with Crippen LogP contribution in [0.1, 0.15) is 29.5 Å². The number of carbonyl (C=O) groups excluding carboxylic acids is 1. The van der Waals surface area contributed by atoms with Crippen LogP contribution in [0.5, 0.6) is 11.5 Å². The summed E-state index contributed by atoms with van der Waals surface area (Å²) in [4.78, 5) is 12.4. The van der Waals surface area contributed by atoms with Gasteiger partial charge in [0, 0.05) is 30.0 Å². The molecule has 4 unspecified atom stereocenters. The van der Waals surface area contributed by atoms with Crippen LogP contribution in [0.15, 0.2) is 60.7 Å². The highest BCUT2D eigenvalue weighted by Gasteiger charge is 2.54. The number of rotatable bonds is 5. The van der Waals surface area contributed by atoms with E-state index in [1.807, 2.05) is 42.5 Å². The van der Waals surface area contributed by atoms with Crippen molar-refractivity contribution >= 4 is 12.0 Å². The van der Waals surface area contributed by atoms with E-state index in [-0.39, 0.29) is 24.2 Å². The normalized spacial score (nSPS) is 29.7. The largest absolute Gasteiger partial charge is 0.493 e. The molecule has 0 amide bonds. The molecule has 0 saturated carbocycles. The van der Waals surface area contributed by atoms with E-state index in [9.17, 15) is 9.90 Å². The van der Waals surface area contributed by atoms with Crippen molar-refractivity contribution in [2.75, 3.05) is 27.4 Å². The lowest BCUT2D eigenvalue weighted by Gasteiger charge is -2.37. The first kappa shape index (κ1) is 21.7. The molecule has 2 aliphatic heterocycles. The van der Waals surface area contributed by atoms with Crippen molar-refractivity contribution in [1.82, 2.24) is 0 Å². The number of quaternary nitrogens is 1. The Morgan fingerprint density at radius 1 is 1.27 bits per heavy atom. The van der Waals surface area contributed by atoms with Gasteiger partial charge in [0.1, 0.15) is 12.6 Å². The van der Waals surface area contributed by atoms with E-state index >= 15 is 0 Å². The summed E-state index contributed by atoms with van der Waals surface area (Å²) in [5.41, 5.74) is 2.99. The molecule has 2 aromatic carbocycles. The number of methoxy groups -OCH3 is 1. The molecule has 4 atom stereocenters. The summed E-state index contributed by atoms with van der Waals surface area (Å²) >= 11 is 0. The number of hydrogen-bond acceptors (Lipinski definition) is 5. The predicted octanol–water partition coefficient (Wildman–Crippen LogP) is 3.58. The smallest absolute Gasteiger partial charge is 0.335 e. The lowest BCUT2D eigenvalue weighted by Crippen LogP contribution is -2.48. The van der Waals surface area contributed by atoms with E-state index in [1.54, 1.807) is 13.2 Å². The summed E-state index contributed by atoms with van der Waals surface area (Å²) in [5, 5.41) is 10.2. The fraction of sp³-hybridized carbons (Fsp3) is 0.370. The Balaban J connectivity index is 1.39. The molecule has 6 heteroatoms. The van der Waals surface area contributed by atoms with Crippen LogP contribution >= 0.6 is 0 Å². The quantitative estimate of drug-likeness (QED) is 0.328. The van der Waals surface area contributed by atoms with Crippen LogP contribution in [0.3, 0.4) is 0 Å². The van der Waals surface area contributed by atoms with Crippen molar-refractivity contribution in [1.29, 1.82) is 0 Å². The maximum absolute atomic E-state index is 12.4. The van der Waals surface area contributed by atoms with Crippen LogP contribution in [0, 0.1) is 0 Å². The molecule has 2 aromatic rings. The third kappa shape index (κ3) is 3.94. The Labute approximate surface area is 194 Å². The summed E-state index contributed by atoms with van der Waals surface area (Å²) < 4.78 is 18.2. The Kier molecular flexibility index (Phi) is 5.51. The minimum absolute atomic E-state index is 0.134. The summed E-state index contributed by atoms with van der Waals surface area (Å²) in [6.07, 6.45) is 8.02. The molecular formula is C27H30NO5+. The van der Waals surface area contributed by atoms with E-state index in [0.29, 0.717) is 10.9 Å². The second-order valence-corrected chi connectivity index (χ2v) is 9.53. The van der Waals surface area contributed by atoms with Crippen LogP contribution in [-0.2, 0) is 21.5 Å². The molecule has 0 bridgehead atoms. The second-order valence-electron chi connectivity index (χ2n) is 9.53. The van der Waals surface area contributed by atoms with Gasteiger partial charge in [0.25, 0.3) is 0 Å². The van der Waals surface area contributed by atoms with Crippen LogP contribution in [0.25, 0.3) is 6.08 Å². The minimum atomic E-state index is -0.508. The SMILES string of the molecule is COc1ccc2c3c1OC1CC(O)C=CC31CC[N+](C)(COC(=O)/C=C/c1ccccc1)C2. The summed E-state index contributed by atoms with van der Waals surface area (Å²) in [5.74, 6) is 1.16. The first-order valence-electron chi connectivity index (χ1n) is 11.4. The summed E-state index contributed by atoms with van der Waals surface area (Å²) in [6.45, 7) is 1.81. The topological polar surface area (TPSA) is 65.0 Å². The summed E-state index contributed by atoms with van der Waals surface area (Å²) in [6, 6.07) is 13.8. The standard InChI is InChI=1S/C27H30NO5/c1-28(18-32-24(30)11-8-19-6-4-3-5-7-19)15-14-27-13-12-21(29)16-23(27)33-26-22(31-2)10-9-20(17-28)25(26)27/h3-13,21,23,29H,14-18H2,1-2H3/q+1/b11-8+. The minimum Gasteiger partial charge on any atom is -0.493 e. The van der Waals surface area contributed by atoms with E-state index < -0.39 is 6.10 Å². The maximum Gasteiger partial charge on any atom is 0.335 e. The van der Waals surface area contributed by atoms with Crippen molar-refractivity contribution in [2.45, 2.75) is 37.0 Å². The van der Waals surface area contributed by atoms with Crippen molar-refractivity contribution in [2.24, 2.45) is 0 Å². The van der Waals surface area contributed by atoms with Gasteiger partial charge in [-0.1, -0.05) is 42.5 Å². The Morgan fingerprint density at radius 3 is 2.88 bits per heavy atom. The van der Waals surface area contributed by atoms with Crippen LogP contribution in [-0.4, -0.2) is 55.2 Å².